The Morgan fingerprint density at radius 3 is 2.59 bits per heavy atom. The number of nitrogens with zero attached hydrogens (tertiary/aromatic N) is 4. The first-order chi connectivity index (χ1) is 9.99. The van der Waals surface area contributed by atoms with Crippen LogP contribution in [0.5, 0.6) is 0 Å². The molecule has 1 aromatic carbocycles. The molecule has 3 rings (SSSR count). The molecule has 0 unspecified atom stereocenters. The van der Waals surface area contributed by atoms with Crippen LogP contribution in [0.3, 0.4) is 0 Å². The van der Waals surface area contributed by atoms with Crippen molar-refractivity contribution in [2.45, 2.75) is 26.9 Å². The zero-order valence-corrected chi connectivity index (χ0v) is 14.0. The zero-order valence-electron chi connectivity index (χ0n) is 12.5. The molecule has 0 amide bonds. The molecular weight excluding hydrogens is 352 g/mol. The molecule has 0 fully saturated rings. The average Bonchev–Trinajstić information content (AvgIpc) is 2.87. The standard InChI is InChI=1S/C14H17N4O3.BrH/c1-3-18(4-2)8-12-14(9-18)16(19)13-7-10(17(20)21)5-6-11(13)15-12;/h5-7H,3-4,8-9H2,1-2H3;1H/q+1;/p-1. The van der Waals surface area contributed by atoms with Crippen LogP contribution in [0.15, 0.2) is 18.2 Å². The lowest BCUT2D eigenvalue weighted by atomic mass is 10.2. The number of quaternary nitrogens is 1. The molecule has 118 valence electrons. The van der Waals surface area contributed by atoms with Crippen LogP contribution in [0.1, 0.15) is 25.2 Å². The van der Waals surface area contributed by atoms with Crippen molar-refractivity contribution in [1.29, 1.82) is 0 Å². The lowest BCUT2D eigenvalue weighted by Crippen LogP contribution is -3.00. The third-order valence-electron chi connectivity index (χ3n) is 4.53. The second-order valence-corrected chi connectivity index (χ2v) is 5.52. The number of benzene rings is 1. The molecule has 1 aliphatic heterocycles. The van der Waals surface area contributed by atoms with E-state index in [1.807, 2.05) is 0 Å². The SMILES string of the molecule is CC[N+]1(CC)Cc2nc3ccc([N+](=O)[O-])cc3[n+]([O-])c2C1.[Br-]. The Bertz CT molecular complexity index is 746. The average molecular weight is 369 g/mol. The first-order valence-corrected chi connectivity index (χ1v) is 7.04. The molecule has 1 aliphatic rings. The Morgan fingerprint density at radius 1 is 1.32 bits per heavy atom. The third kappa shape index (κ3) is 2.42. The summed E-state index contributed by atoms with van der Waals surface area (Å²) >= 11 is 0. The molecule has 0 bridgehead atoms. The minimum Gasteiger partial charge on any atom is -1.00 e. The monoisotopic (exact) mass is 368 g/mol. The van der Waals surface area contributed by atoms with Crippen molar-refractivity contribution >= 4 is 16.7 Å². The summed E-state index contributed by atoms with van der Waals surface area (Å²) in [6.07, 6.45) is 0. The van der Waals surface area contributed by atoms with Crippen LogP contribution in [0, 0.1) is 15.3 Å². The molecule has 7 nitrogen and oxygen atoms in total. The van der Waals surface area contributed by atoms with Crippen LogP contribution >= 0.6 is 0 Å². The number of nitro benzene ring substituents is 1. The Hall–Kier alpha value is -1.80. The summed E-state index contributed by atoms with van der Waals surface area (Å²) in [6, 6.07) is 4.24. The highest BCUT2D eigenvalue weighted by Crippen LogP contribution is 2.28. The molecule has 0 saturated heterocycles. The second-order valence-electron chi connectivity index (χ2n) is 5.52. The van der Waals surface area contributed by atoms with Crippen molar-refractivity contribution in [3.8, 4) is 0 Å². The number of hydrogen-bond acceptors (Lipinski definition) is 4. The van der Waals surface area contributed by atoms with E-state index >= 15 is 0 Å². The summed E-state index contributed by atoms with van der Waals surface area (Å²) in [7, 11) is 0. The number of fused-ring (bicyclic) bond motifs is 2. The van der Waals surface area contributed by atoms with Crippen molar-refractivity contribution in [1.82, 2.24) is 4.98 Å². The minimum atomic E-state index is -0.495. The number of hydrogen-bond donors (Lipinski definition) is 0. The summed E-state index contributed by atoms with van der Waals surface area (Å²) in [6.45, 7) is 7.46. The lowest BCUT2D eigenvalue weighted by molar-refractivity contribution is -0.947. The van der Waals surface area contributed by atoms with Crippen LogP contribution in [0.4, 0.5) is 5.69 Å². The minimum absolute atomic E-state index is 0. The van der Waals surface area contributed by atoms with Gasteiger partial charge in [0.05, 0.1) is 24.1 Å². The lowest BCUT2D eigenvalue weighted by Gasteiger charge is -2.30. The van der Waals surface area contributed by atoms with Gasteiger partial charge in [0.15, 0.2) is 12.2 Å². The van der Waals surface area contributed by atoms with Crippen LogP contribution in [-0.2, 0) is 13.1 Å². The van der Waals surface area contributed by atoms with Gasteiger partial charge in [-0.25, -0.2) is 4.98 Å². The van der Waals surface area contributed by atoms with Gasteiger partial charge in [-0.3, -0.25) is 10.1 Å². The largest absolute Gasteiger partial charge is 1.00 e. The molecule has 0 aliphatic carbocycles. The van der Waals surface area contributed by atoms with Gasteiger partial charge >= 0.3 is 0 Å². The van der Waals surface area contributed by atoms with Gasteiger partial charge in [0.2, 0.25) is 5.52 Å². The van der Waals surface area contributed by atoms with E-state index in [4.69, 9.17) is 0 Å². The fourth-order valence-electron chi connectivity index (χ4n) is 3.00. The van der Waals surface area contributed by atoms with Crippen LogP contribution in [-0.4, -0.2) is 27.5 Å². The van der Waals surface area contributed by atoms with Crippen LogP contribution in [0.2, 0.25) is 0 Å². The Balaban J connectivity index is 0.00000176. The Morgan fingerprint density at radius 2 is 2.00 bits per heavy atom. The molecule has 22 heavy (non-hydrogen) atoms. The molecule has 0 saturated carbocycles. The first-order valence-electron chi connectivity index (χ1n) is 7.04. The first kappa shape index (κ1) is 16.6. The van der Waals surface area contributed by atoms with E-state index in [0.717, 1.165) is 34.5 Å². The van der Waals surface area contributed by atoms with E-state index in [0.29, 0.717) is 17.8 Å². The topological polar surface area (TPSA) is 83.0 Å². The molecule has 0 atom stereocenters. The van der Waals surface area contributed by atoms with Crippen molar-refractivity contribution in [3.63, 3.8) is 0 Å². The molecule has 0 N–H and O–H groups in total. The predicted molar refractivity (Wildman–Crippen MR) is 76.1 cm³/mol. The van der Waals surface area contributed by atoms with Crippen LogP contribution in [0.25, 0.3) is 11.0 Å². The van der Waals surface area contributed by atoms with Gasteiger partial charge in [0, 0.05) is 6.07 Å². The van der Waals surface area contributed by atoms with E-state index in [9.17, 15) is 15.3 Å². The summed E-state index contributed by atoms with van der Waals surface area (Å²) < 4.78 is 1.64. The van der Waals surface area contributed by atoms with E-state index < -0.39 is 4.92 Å². The molecular formula is C14H17BrN4O3. The van der Waals surface area contributed by atoms with Crippen molar-refractivity contribution in [2.24, 2.45) is 0 Å². The van der Waals surface area contributed by atoms with Gasteiger partial charge in [0.1, 0.15) is 12.1 Å². The predicted octanol–water partition coefficient (Wildman–Crippen LogP) is -1.35. The zero-order chi connectivity index (χ0) is 15.2. The van der Waals surface area contributed by atoms with E-state index in [2.05, 4.69) is 18.8 Å². The number of rotatable bonds is 3. The molecule has 8 heteroatoms. The molecule has 2 aromatic rings. The van der Waals surface area contributed by atoms with Gasteiger partial charge in [0.25, 0.3) is 11.4 Å². The number of non-ortho nitro benzene ring substituents is 1. The quantitative estimate of drug-likeness (QED) is 0.220. The normalized spacial score (nSPS) is 15.4. The van der Waals surface area contributed by atoms with E-state index in [1.165, 1.54) is 12.1 Å². The molecule has 0 spiro atoms. The summed E-state index contributed by atoms with van der Waals surface area (Å²) in [4.78, 5) is 14.9. The second kappa shape index (κ2) is 5.77. The number of halogens is 1. The summed E-state index contributed by atoms with van der Waals surface area (Å²) in [5.41, 5.74) is 2.16. The maximum absolute atomic E-state index is 12.6. The fourth-order valence-corrected chi connectivity index (χ4v) is 3.00. The Kier molecular flexibility index (Phi) is 4.35. The van der Waals surface area contributed by atoms with Crippen molar-refractivity contribution in [3.05, 3.63) is 44.9 Å². The van der Waals surface area contributed by atoms with Gasteiger partial charge in [-0.2, -0.15) is 4.73 Å². The highest BCUT2D eigenvalue weighted by Gasteiger charge is 2.40. The maximum Gasteiger partial charge on any atom is 0.276 e. The highest BCUT2D eigenvalue weighted by atomic mass is 79.9. The number of aromatic nitrogens is 2. The smallest absolute Gasteiger partial charge is 0.276 e. The summed E-state index contributed by atoms with van der Waals surface area (Å²) in [5, 5.41) is 23.4. The van der Waals surface area contributed by atoms with Crippen molar-refractivity contribution < 1.29 is 31.1 Å². The van der Waals surface area contributed by atoms with E-state index in [-0.39, 0.29) is 28.2 Å². The van der Waals surface area contributed by atoms with Gasteiger partial charge in [-0.05, 0) is 19.9 Å². The van der Waals surface area contributed by atoms with Crippen molar-refractivity contribution in [2.75, 3.05) is 13.1 Å². The van der Waals surface area contributed by atoms with Gasteiger partial charge < -0.3 is 26.7 Å². The molecule has 2 heterocycles. The number of nitro groups is 1. The Labute approximate surface area is 138 Å². The van der Waals surface area contributed by atoms with Crippen LogP contribution < -0.4 is 21.7 Å². The maximum atomic E-state index is 12.6. The fraction of sp³-hybridized carbons (Fsp3) is 0.429. The van der Waals surface area contributed by atoms with Gasteiger partial charge in [-0.1, -0.05) is 0 Å². The van der Waals surface area contributed by atoms with Gasteiger partial charge in [-0.15, -0.1) is 0 Å². The summed E-state index contributed by atoms with van der Waals surface area (Å²) in [5.74, 6) is 0. The third-order valence-corrected chi connectivity index (χ3v) is 4.53. The molecule has 0 radical (unpaired) electrons. The highest BCUT2D eigenvalue weighted by molar-refractivity contribution is 5.74. The van der Waals surface area contributed by atoms with E-state index in [1.54, 1.807) is 6.07 Å². The molecule has 1 aromatic heterocycles.